The van der Waals surface area contributed by atoms with E-state index in [9.17, 15) is 15.4 Å². The summed E-state index contributed by atoms with van der Waals surface area (Å²) < 4.78 is 0.695. The summed E-state index contributed by atoms with van der Waals surface area (Å²) in [6, 6.07) is 14.2. The minimum absolute atomic E-state index is 0.0273. The first-order chi connectivity index (χ1) is 14.0. The molecule has 0 aliphatic rings. The number of hydrogen-bond donors (Lipinski definition) is 0. The van der Waals surface area contributed by atoms with Gasteiger partial charge in [0.05, 0.1) is 26.9 Å². The number of benzene rings is 2. The fourth-order valence-electron chi connectivity index (χ4n) is 2.81. The molecule has 3 aromatic rings. The molecule has 0 aliphatic carbocycles. The van der Waals surface area contributed by atoms with Crippen LogP contribution in [0.3, 0.4) is 0 Å². The van der Waals surface area contributed by atoms with Gasteiger partial charge >= 0.3 is 0 Å². The van der Waals surface area contributed by atoms with Gasteiger partial charge in [-0.3, -0.25) is 10.1 Å². The number of nitro groups is 1. The number of non-ortho nitro benzene ring substituents is 1. The molecular weight excluding hydrogens is 388 g/mol. The number of thiazole rings is 1. The summed E-state index contributed by atoms with van der Waals surface area (Å²) in [6.45, 7) is 4.84. The van der Waals surface area contributed by atoms with Crippen LogP contribution in [0.1, 0.15) is 26.7 Å². The summed E-state index contributed by atoms with van der Waals surface area (Å²) in [5, 5.41) is 29.0. The van der Waals surface area contributed by atoms with Gasteiger partial charge < -0.3 is 4.90 Å². The lowest BCUT2D eigenvalue weighted by Crippen LogP contribution is -2.32. The van der Waals surface area contributed by atoms with Crippen LogP contribution in [0.25, 0.3) is 10.2 Å². The van der Waals surface area contributed by atoms with E-state index in [2.05, 4.69) is 33.1 Å². The van der Waals surface area contributed by atoms with E-state index in [1.54, 1.807) is 6.07 Å². The topological polar surface area (TPSA) is 108 Å². The predicted octanol–water partition coefficient (Wildman–Crippen LogP) is 6.14. The highest BCUT2D eigenvalue weighted by molar-refractivity contribution is 7.21. The number of fused-ring (bicyclic) bond motifs is 1. The number of anilines is 1. The van der Waals surface area contributed by atoms with E-state index in [1.807, 2.05) is 31.2 Å². The molecule has 2 aromatic carbocycles. The van der Waals surface area contributed by atoms with Crippen LogP contribution in [0.4, 0.5) is 22.2 Å². The van der Waals surface area contributed by atoms with Crippen LogP contribution in [0.2, 0.25) is 0 Å². The molecule has 3 rings (SSSR count). The maximum Gasteiger partial charge on any atom is 0.270 e. The third kappa shape index (κ3) is 4.92. The molecule has 0 fully saturated rings. The van der Waals surface area contributed by atoms with Crippen LogP contribution in [0, 0.1) is 21.4 Å². The molecule has 1 atom stereocenters. The van der Waals surface area contributed by atoms with Crippen molar-refractivity contribution in [2.24, 2.45) is 10.2 Å². The van der Waals surface area contributed by atoms with Crippen LogP contribution in [-0.4, -0.2) is 22.5 Å². The van der Waals surface area contributed by atoms with E-state index in [1.165, 1.54) is 23.5 Å². The van der Waals surface area contributed by atoms with Gasteiger partial charge in [-0.2, -0.15) is 5.26 Å². The van der Waals surface area contributed by atoms with Gasteiger partial charge in [-0.1, -0.05) is 24.7 Å². The van der Waals surface area contributed by atoms with Crippen LogP contribution < -0.4 is 4.90 Å². The van der Waals surface area contributed by atoms with Crippen molar-refractivity contribution in [1.82, 2.24) is 4.98 Å². The van der Waals surface area contributed by atoms with Gasteiger partial charge in [0.15, 0.2) is 0 Å². The molecule has 0 spiro atoms. The second-order valence-corrected chi connectivity index (χ2v) is 7.48. The molecule has 148 valence electrons. The van der Waals surface area contributed by atoms with Crippen molar-refractivity contribution < 1.29 is 4.92 Å². The van der Waals surface area contributed by atoms with Crippen molar-refractivity contribution >= 4 is 43.7 Å². The first-order valence-electron chi connectivity index (χ1n) is 9.25. The maximum atomic E-state index is 10.9. The summed E-state index contributed by atoms with van der Waals surface area (Å²) in [5.74, 6) is 0. The minimum atomic E-state index is -0.432. The van der Waals surface area contributed by atoms with Crippen molar-refractivity contribution in [1.29, 1.82) is 5.26 Å². The van der Waals surface area contributed by atoms with E-state index >= 15 is 0 Å². The Morgan fingerprint density at radius 1 is 1.28 bits per heavy atom. The van der Waals surface area contributed by atoms with E-state index in [4.69, 9.17) is 0 Å². The molecule has 0 amide bonds. The molecule has 0 saturated carbocycles. The molecule has 29 heavy (non-hydrogen) atoms. The van der Waals surface area contributed by atoms with Crippen molar-refractivity contribution in [3.63, 3.8) is 0 Å². The number of unbranched alkanes of at least 4 members (excludes halogenated alkanes) is 1. The van der Waals surface area contributed by atoms with Gasteiger partial charge in [0.25, 0.3) is 5.69 Å². The zero-order chi connectivity index (χ0) is 20.8. The summed E-state index contributed by atoms with van der Waals surface area (Å²) in [5.41, 5.74) is 2.32. The Balaban J connectivity index is 1.76. The Bertz CT molecular complexity index is 1070. The van der Waals surface area contributed by atoms with Crippen LogP contribution in [-0.2, 0) is 0 Å². The average Bonchev–Trinajstić information content (AvgIpc) is 3.15. The Morgan fingerprint density at radius 2 is 2.03 bits per heavy atom. The van der Waals surface area contributed by atoms with Gasteiger partial charge in [0.2, 0.25) is 5.13 Å². The van der Waals surface area contributed by atoms with Crippen molar-refractivity contribution in [3.05, 3.63) is 52.6 Å². The van der Waals surface area contributed by atoms with Crippen LogP contribution in [0.5, 0.6) is 0 Å². The van der Waals surface area contributed by atoms with Gasteiger partial charge in [-0.15, -0.1) is 10.2 Å². The van der Waals surface area contributed by atoms with Gasteiger partial charge in [-0.05, 0) is 43.7 Å². The van der Waals surface area contributed by atoms with Gasteiger partial charge in [0, 0.05) is 24.4 Å². The summed E-state index contributed by atoms with van der Waals surface area (Å²) in [4.78, 5) is 16.9. The number of azo groups is 1. The highest BCUT2D eigenvalue weighted by Gasteiger charge is 2.13. The molecule has 0 aliphatic heterocycles. The number of rotatable bonds is 8. The quantitative estimate of drug-likeness (QED) is 0.253. The lowest BCUT2D eigenvalue weighted by atomic mass is 10.2. The first kappa shape index (κ1) is 20.4. The first-order valence-corrected chi connectivity index (χ1v) is 10.1. The highest BCUT2D eigenvalue weighted by Crippen LogP contribution is 2.32. The second kappa shape index (κ2) is 9.21. The lowest BCUT2D eigenvalue weighted by molar-refractivity contribution is -0.384. The summed E-state index contributed by atoms with van der Waals surface area (Å²) in [7, 11) is 0. The fourth-order valence-corrected chi connectivity index (χ4v) is 3.63. The van der Waals surface area contributed by atoms with Crippen molar-refractivity contribution in [2.75, 3.05) is 11.4 Å². The molecule has 1 heterocycles. The molecule has 9 heteroatoms. The minimum Gasteiger partial charge on any atom is -0.356 e. The zero-order valence-electron chi connectivity index (χ0n) is 16.1. The maximum absolute atomic E-state index is 10.9. The predicted molar refractivity (Wildman–Crippen MR) is 114 cm³/mol. The third-order valence-corrected chi connectivity index (χ3v) is 5.31. The lowest BCUT2D eigenvalue weighted by Gasteiger charge is -2.27. The van der Waals surface area contributed by atoms with Gasteiger partial charge in [-0.25, -0.2) is 4.98 Å². The largest absolute Gasteiger partial charge is 0.356 e. The monoisotopic (exact) mass is 408 g/mol. The zero-order valence-corrected chi connectivity index (χ0v) is 17.0. The van der Waals surface area contributed by atoms with Crippen LogP contribution in [0.15, 0.2) is 52.7 Å². The number of aromatic nitrogens is 1. The average molecular weight is 408 g/mol. The highest BCUT2D eigenvalue weighted by atomic mass is 32.1. The molecular formula is C20H20N6O2S. The Labute approximate surface area is 172 Å². The third-order valence-electron chi connectivity index (χ3n) is 4.41. The van der Waals surface area contributed by atoms with E-state index in [-0.39, 0.29) is 11.7 Å². The smallest absolute Gasteiger partial charge is 0.270 e. The molecule has 0 radical (unpaired) electrons. The van der Waals surface area contributed by atoms with E-state index < -0.39 is 4.92 Å². The molecule has 1 aromatic heterocycles. The molecule has 0 bridgehead atoms. The molecule has 0 saturated heterocycles. The van der Waals surface area contributed by atoms with Crippen molar-refractivity contribution in [3.8, 4) is 6.07 Å². The van der Waals surface area contributed by atoms with Gasteiger partial charge in [0.1, 0.15) is 6.04 Å². The summed E-state index contributed by atoms with van der Waals surface area (Å²) in [6.07, 6.45) is 2.08. The Morgan fingerprint density at radius 3 is 2.69 bits per heavy atom. The number of nitrogens with zero attached hydrogens (tertiary/aromatic N) is 6. The summed E-state index contributed by atoms with van der Waals surface area (Å²) >= 11 is 1.25. The fraction of sp³-hybridized carbons (Fsp3) is 0.300. The second-order valence-electron chi connectivity index (χ2n) is 6.47. The Kier molecular flexibility index (Phi) is 6.46. The van der Waals surface area contributed by atoms with Crippen molar-refractivity contribution in [2.45, 2.75) is 32.7 Å². The van der Waals surface area contributed by atoms with Crippen LogP contribution >= 0.6 is 11.3 Å². The standard InChI is InChI=1S/C20H20N6O2S/c1-3-4-11-25(14(2)13-21)16-7-5-15(6-8-16)23-24-20-22-18-10-9-17(26(27)28)12-19(18)29-20/h5-10,12,14H,3-4,11H2,1-2H3. The Hall–Kier alpha value is -3.38. The number of hydrogen-bond acceptors (Lipinski definition) is 8. The molecule has 1 unspecified atom stereocenters. The normalized spacial score (nSPS) is 12.2. The number of nitro benzene ring substituents is 1. The SMILES string of the molecule is CCCCN(c1ccc(N=Nc2nc3ccc([N+](=O)[O-])cc3s2)cc1)C(C)C#N. The molecule has 8 nitrogen and oxygen atoms in total. The number of nitriles is 1. The van der Waals surface area contributed by atoms with E-state index in [0.717, 1.165) is 25.1 Å². The van der Waals surface area contributed by atoms with E-state index in [0.29, 0.717) is 21.0 Å². The molecule has 0 N–H and O–H groups in total.